The zero-order chi connectivity index (χ0) is 11.4. The third-order valence-electron chi connectivity index (χ3n) is 1.86. The van der Waals surface area contributed by atoms with Crippen LogP contribution >= 0.6 is 0 Å². The molecule has 1 fully saturated rings. The predicted octanol–water partition coefficient (Wildman–Crippen LogP) is -0.353. The molecule has 1 N–H and O–H groups in total. The average molecular weight is 211 g/mol. The molecule has 1 aliphatic heterocycles. The van der Waals surface area contributed by atoms with Crippen LogP contribution in [0.4, 0.5) is 0 Å². The fourth-order valence-electron chi connectivity index (χ4n) is 1.15. The Hall–Kier alpha value is -1.72. The van der Waals surface area contributed by atoms with Crippen LogP contribution in [0.15, 0.2) is 5.10 Å². The molecule has 15 heavy (non-hydrogen) atoms. The van der Waals surface area contributed by atoms with Crippen LogP contribution < -0.4 is 5.43 Å². The Kier molecular flexibility index (Phi) is 3.54. The van der Waals surface area contributed by atoms with E-state index < -0.39 is 5.91 Å². The Labute approximate surface area is 87.3 Å². The van der Waals surface area contributed by atoms with E-state index in [0.29, 0.717) is 5.71 Å². The molecule has 0 aliphatic carbocycles. The number of carbonyl (C=O) groups excluding carboxylic acids is 3. The van der Waals surface area contributed by atoms with Crippen LogP contribution in [0.2, 0.25) is 0 Å². The van der Waals surface area contributed by atoms with Crippen molar-refractivity contribution in [1.29, 1.82) is 0 Å². The van der Waals surface area contributed by atoms with Gasteiger partial charge in [0, 0.05) is 18.6 Å². The van der Waals surface area contributed by atoms with Gasteiger partial charge in [-0.05, 0) is 13.8 Å². The largest absolute Gasteiger partial charge is 0.274 e. The smallest absolute Gasteiger partial charge is 0.260 e. The van der Waals surface area contributed by atoms with E-state index in [4.69, 9.17) is 0 Å². The fraction of sp³-hybridized carbons (Fsp3) is 0.556. The van der Waals surface area contributed by atoms with E-state index in [1.54, 1.807) is 13.8 Å². The maximum Gasteiger partial charge on any atom is 0.260 e. The number of rotatable bonds is 3. The SMILES string of the molecule is CC(C)=NNC(=O)CN1C(=O)CCC1=O. The van der Waals surface area contributed by atoms with Crippen molar-refractivity contribution >= 4 is 23.4 Å². The first-order chi connectivity index (χ1) is 7.00. The summed E-state index contributed by atoms with van der Waals surface area (Å²) in [6, 6.07) is 0. The Balaban J connectivity index is 2.47. The number of hydrogen-bond acceptors (Lipinski definition) is 4. The third-order valence-corrected chi connectivity index (χ3v) is 1.86. The van der Waals surface area contributed by atoms with E-state index in [9.17, 15) is 14.4 Å². The van der Waals surface area contributed by atoms with Crippen molar-refractivity contribution in [2.45, 2.75) is 26.7 Å². The van der Waals surface area contributed by atoms with E-state index in [0.717, 1.165) is 4.90 Å². The topological polar surface area (TPSA) is 78.8 Å². The van der Waals surface area contributed by atoms with Gasteiger partial charge >= 0.3 is 0 Å². The van der Waals surface area contributed by atoms with Crippen LogP contribution in [0.3, 0.4) is 0 Å². The maximum absolute atomic E-state index is 11.2. The van der Waals surface area contributed by atoms with Crippen molar-refractivity contribution < 1.29 is 14.4 Å². The molecule has 1 saturated heterocycles. The van der Waals surface area contributed by atoms with Crippen LogP contribution in [0.1, 0.15) is 26.7 Å². The summed E-state index contributed by atoms with van der Waals surface area (Å²) in [7, 11) is 0. The fourth-order valence-corrected chi connectivity index (χ4v) is 1.15. The van der Waals surface area contributed by atoms with Crippen LogP contribution in [-0.2, 0) is 14.4 Å². The van der Waals surface area contributed by atoms with Crippen LogP contribution in [0.25, 0.3) is 0 Å². The molecule has 1 heterocycles. The average Bonchev–Trinajstić information content (AvgIpc) is 2.46. The van der Waals surface area contributed by atoms with Crippen LogP contribution in [0, 0.1) is 0 Å². The molecule has 1 aliphatic rings. The minimum absolute atomic E-state index is 0.197. The number of carbonyl (C=O) groups is 3. The molecule has 0 spiro atoms. The molecule has 0 aromatic rings. The summed E-state index contributed by atoms with van der Waals surface area (Å²) >= 11 is 0. The first-order valence-electron chi connectivity index (χ1n) is 4.63. The lowest BCUT2D eigenvalue weighted by Crippen LogP contribution is -2.38. The monoisotopic (exact) mass is 211 g/mol. The molecule has 0 bridgehead atoms. The Morgan fingerprint density at radius 1 is 1.33 bits per heavy atom. The van der Waals surface area contributed by atoms with Gasteiger partial charge in [-0.2, -0.15) is 5.10 Å². The molecule has 0 aromatic carbocycles. The summed E-state index contributed by atoms with van der Waals surface area (Å²) in [5, 5.41) is 3.68. The molecular formula is C9H13N3O3. The second kappa shape index (κ2) is 4.68. The molecule has 6 nitrogen and oxygen atoms in total. The number of hydrazone groups is 1. The molecule has 0 unspecified atom stereocenters. The number of nitrogens with zero attached hydrogens (tertiary/aromatic N) is 2. The predicted molar refractivity (Wildman–Crippen MR) is 52.9 cm³/mol. The highest BCUT2D eigenvalue weighted by Gasteiger charge is 2.30. The lowest BCUT2D eigenvalue weighted by atomic mass is 10.4. The van der Waals surface area contributed by atoms with E-state index in [1.807, 2.05) is 0 Å². The van der Waals surface area contributed by atoms with Gasteiger partial charge in [0.1, 0.15) is 6.54 Å². The highest BCUT2D eigenvalue weighted by atomic mass is 16.2. The molecule has 6 heteroatoms. The maximum atomic E-state index is 11.2. The third kappa shape index (κ3) is 3.16. The highest BCUT2D eigenvalue weighted by molar-refractivity contribution is 6.04. The van der Waals surface area contributed by atoms with Gasteiger partial charge in [0.15, 0.2) is 0 Å². The molecule has 0 atom stereocenters. The van der Waals surface area contributed by atoms with E-state index in [1.165, 1.54) is 0 Å². The molecule has 1 rings (SSSR count). The summed E-state index contributed by atoms with van der Waals surface area (Å²) in [4.78, 5) is 34.5. The van der Waals surface area contributed by atoms with Crippen LogP contribution in [-0.4, -0.2) is 34.9 Å². The van der Waals surface area contributed by atoms with Gasteiger partial charge < -0.3 is 0 Å². The number of amides is 3. The normalized spacial score (nSPS) is 15.5. The minimum Gasteiger partial charge on any atom is -0.274 e. The highest BCUT2D eigenvalue weighted by Crippen LogP contribution is 2.10. The summed E-state index contributed by atoms with van der Waals surface area (Å²) in [5.74, 6) is -1.06. The first kappa shape index (κ1) is 11.4. The number of likely N-dealkylation sites (tertiary alicyclic amines) is 1. The van der Waals surface area contributed by atoms with E-state index in [-0.39, 0.29) is 31.2 Å². The summed E-state index contributed by atoms with van der Waals surface area (Å²) in [6.45, 7) is 3.22. The van der Waals surface area contributed by atoms with Gasteiger partial charge in [0.25, 0.3) is 5.91 Å². The van der Waals surface area contributed by atoms with Crippen molar-refractivity contribution in [3.8, 4) is 0 Å². The summed E-state index contributed by atoms with van der Waals surface area (Å²) in [5.41, 5.74) is 2.95. The van der Waals surface area contributed by atoms with Crippen molar-refractivity contribution in [3.63, 3.8) is 0 Å². The van der Waals surface area contributed by atoms with Crippen molar-refractivity contribution in [2.24, 2.45) is 5.10 Å². The van der Waals surface area contributed by atoms with Crippen molar-refractivity contribution in [1.82, 2.24) is 10.3 Å². The van der Waals surface area contributed by atoms with E-state index in [2.05, 4.69) is 10.5 Å². The quantitative estimate of drug-likeness (QED) is 0.393. The summed E-state index contributed by atoms with van der Waals surface area (Å²) in [6.07, 6.45) is 0.393. The van der Waals surface area contributed by atoms with Gasteiger partial charge in [-0.25, -0.2) is 5.43 Å². The van der Waals surface area contributed by atoms with Crippen molar-refractivity contribution in [3.05, 3.63) is 0 Å². The van der Waals surface area contributed by atoms with Crippen LogP contribution in [0.5, 0.6) is 0 Å². The minimum atomic E-state index is -0.459. The number of nitrogens with one attached hydrogen (secondary N) is 1. The molecular weight excluding hydrogens is 198 g/mol. The standard InChI is InChI=1S/C9H13N3O3/c1-6(2)10-11-7(13)5-12-8(14)3-4-9(12)15/h3-5H2,1-2H3,(H,11,13). The zero-order valence-electron chi connectivity index (χ0n) is 8.74. The second-order valence-corrected chi connectivity index (χ2v) is 3.47. The number of imide groups is 1. The molecule has 3 amide bonds. The Morgan fingerprint density at radius 3 is 2.33 bits per heavy atom. The van der Waals surface area contributed by atoms with Crippen molar-refractivity contribution in [2.75, 3.05) is 6.54 Å². The zero-order valence-corrected chi connectivity index (χ0v) is 8.74. The van der Waals surface area contributed by atoms with Gasteiger partial charge in [0.2, 0.25) is 11.8 Å². The lowest BCUT2D eigenvalue weighted by Gasteiger charge is -2.11. The Bertz CT molecular complexity index is 315. The Morgan fingerprint density at radius 2 is 1.87 bits per heavy atom. The van der Waals surface area contributed by atoms with E-state index >= 15 is 0 Å². The molecule has 0 saturated carbocycles. The van der Waals surface area contributed by atoms with Gasteiger partial charge in [-0.15, -0.1) is 0 Å². The van der Waals surface area contributed by atoms with Gasteiger partial charge in [0.05, 0.1) is 0 Å². The molecule has 0 aromatic heterocycles. The number of hydrogen-bond donors (Lipinski definition) is 1. The summed E-state index contributed by atoms with van der Waals surface area (Å²) < 4.78 is 0. The molecule has 82 valence electrons. The second-order valence-electron chi connectivity index (χ2n) is 3.47. The first-order valence-corrected chi connectivity index (χ1v) is 4.63. The van der Waals surface area contributed by atoms with Gasteiger partial charge in [-0.3, -0.25) is 19.3 Å². The molecule has 0 radical (unpaired) electrons. The lowest BCUT2D eigenvalue weighted by molar-refractivity contribution is -0.142. The van der Waals surface area contributed by atoms with Gasteiger partial charge in [-0.1, -0.05) is 0 Å².